The molecule has 0 aromatic carbocycles. The van der Waals surface area contributed by atoms with Crippen LogP contribution in [0.25, 0.3) is 0 Å². The lowest BCUT2D eigenvalue weighted by atomic mass is 10.1. The molecular weight excluding hydrogens is 230 g/mol. The minimum atomic E-state index is -0.249. The van der Waals surface area contributed by atoms with Crippen LogP contribution in [-0.4, -0.2) is 60.9 Å². The maximum Gasteiger partial charge on any atom is 0.244 e. The Morgan fingerprint density at radius 2 is 2.11 bits per heavy atom. The van der Waals surface area contributed by atoms with Crippen molar-refractivity contribution in [3.63, 3.8) is 0 Å². The molecule has 1 saturated heterocycles. The van der Waals surface area contributed by atoms with Gasteiger partial charge in [0.25, 0.3) is 0 Å². The summed E-state index contributed by atoms with van der Waals surface area (Å²) in [4.78, 5) is 27.5. The topological polar surface area (TPSA) is 52.7 Å². The monoisotopic (exact) mass is 255 g/mol. The summed E-state index contributed by atoms with van der Waals surface area (Å²) in [5, 5.41) is 3.22. The van der Waals surface area contributed by atoms with Crippen molar-refractivity contribution in [1.29, 1.82) is 0 Å². The van der Waals surface area contributed by atoms with Crippen LogP contribution >= 0.6 is 0 Å². The Bertz CT molecular complexity index is 305. The third kappa shape index (κ3) is 3.70. The molecule has 0 spiro atoms. The average molecular weight is 255 g/mol. The molecule has 5 nitrogen and oxygen atoms in total. The highest BCUT2D eigenvalue weighted by Crippen LogP contribution is 2.20. The van der Waals surface area contributed by atoms with E-state index in [9.17, 15) is 9.59 Å². The van der Waals surface area contributed by atoms with E-state index in [-0.39, 0.29) is 23.9 Å². The zero-order valence-electron chi connectivity index (χ0n) is 11.9. The number of nitrogens with zero attached hydrogens (tertiary/aromatic N) is 2. The number of hydrogen-bond acceptors (Lipinski definition) is 3. The van der Waals surface area contributed by atoms with Crippen molar-refractivity contribution in [3.05, 3.63) is 0 Å². The number of likely N-dealkylation sites (tertiary alicyclic amines) is 1. The van der Waals surface area contributed by atoms with E-state index in [4.69, 9.17) is 0 Å². The molecule has 2 unspecified atom stereocenters. The minimum absolute atomic E-state index is 0.0388. The lowest BCUT2D eigenvalue weighted by Crippen LogP contribution is -2.46. The number of amides is 2. The molecule has 2 amide bonds. The van der Waals surface area contributed by atoms with Gasteiger partial charge < -0.3 is 15.1 Å². The number of likely N-dealkylation sites (N-methyl/N-ethyl adjacent to an activating group) is 1. The largest absolute Gasteiger partial charge is 0.347 e. The zero-order valence-corrected chi connectivity index (χ0v) is 11.9. The van der Waals surface area contributed by atoms with Crippen molar-refractivity contribution in [3.8, 4) is 0 Å². The number of rotatable bonds is 5. The lowest BCUT2D eigenvalue weighted by Gasteiger charge is -2.27. The van der Waals surface area contributed by atoms with Gasteiger partial charge in [0, 0.05) is 33.1 Å². The molecule has 0 bridgehead atoms. The van der Waals surface area contributed by atoms with E-state index < -0.39 is 0 Å². The molecule has 0 aromatic rings. The summed E-state index contributed by atoms with van der Waals surface area (Å²) in [5.41, 5.74) is 0. The predicted molar refractivity (Wildman–Crippen MR) is 71.2 cm³/mol. The fraction of sp³-hybridized carbons (Fsp3) is 0.846. The molecule has 1 aliphatic rings. The van der Waals surface area contributed by atoms with Crippen molar-refractivity contribution in [2.24, 2.45) is 0 Å². The Kier molecular flexibility index (Phi) is 5.59. The third-order valence-electron chi connectivity index (χ3n) is 3.33. The van der Waals surface area contributed by atoms with Crippen LogP contribution in [0.5, 0.6) is 0 Å². The highest BCUT2D eigenvalue weighted by molar-refractivity contribution is 5.88. The average Bonchev–Trinajstić information content (AvgIpc) is 2.76. The highest BCUT2D eigenvalue weighted by Gasteiger charge is 2.34. The molecule has 0 aliphatic carbocycles. The van der Waals surface area contributed by atoms with Gasteiger partial charge >= 0.3 is 0 Å². The first kappa shape index (κ1) is 15.0. The molecule has 2 atom stereocenters. The number of carbonyl (C=O) groups is 2. The summed E-state index contributed by atoms with van der Waals surface area (Å²) in [7, 11) is 3.48. The second kappa shape index (κ2) is 6.73. The van der Waals surface area contributed by atoms with Gasteiger partial charge in [-0.3, -0.25) is 9.59 Å². The van der Waals surface area contributed by atoms with Gasteiger partial charge in [-0.15, -0.1) is 0 Å². The van der Waals surface area contributed by atoms with Crippen LogP contribution in [0.2, 0.25) is 0 Å². The Hall–Kier alpha value is -1.10. The van der Waals surface area contributed by atoms with Gasteiger partial charge in [-0.1, -0.05) is 6.92 Å². The van der Waals surface area contributed by atoms with Crippen molar-refractivity contribution in [2.45, 2.75) is 45.2 Å². The molecule has 1 fully saturated rings. The lowest BCUT2D eigenvalue weighted by molar-refractivity contribution is -0.142. The van der Waals surface area contributed by atoms with E-state index >= 15 is 0 Å². The Morgan fingerprint density at radius 3 is 2.67 bits per heavy atom. The fourth-order valence-corrected chi connectivity index (χ4v) is 2.42. The molecule has 1 heterocycles. The van der Waals surface area contributed by atoms with Crippen LogP contribution in [-0.2, 0) is 9.59 Å². The molecule has 104 valence electrons. The second-order valence-electron chi connectivity index (χ2n) is 5.14. The van der Waals surface area contributed by atoms with E-state index in [1.54, 1.807) is 23.9 Å². The van der Waals surface area contributed by atoms with Gasteiger partial charge in [-0.05, 0) is 26.3 Å². The molecule has 1 aliphatic heterocycles. The maximum atomic E-state index is 12.2. The van der Waals surface area contributed by atoms with Crippen LogP contribution in [0, 0.1) is 0 Å². The quantitative estimate of drug-likeness (QED) is 0.776. The van der Waals surface area contributed by atoms with Gasteiger partial charge in [0.2, 0.25) is 11.8 Å². The van der Waals surface area contributed by atoms with Gasteiger partial charge in [-0.25, -0.2) is 0 Å². The summed E-state index contributed by atoms with van der Waals surface area (Å²) in [5.74, 6) is 0.123. The first-order chi connectivity index (χ1) is 8.47. The van der Waals surface area contributed by atoms with Crippen molar-refractivity contribution in [2.75, 3.05) is 27.2 Å². The van der Waals surface area contributed by atoms with E-state index in [2.05, 4.69) is 5.32 Å². The van der Waals surface area contributed by atoms with Gasteiger partial charge in [-0.2, -0.15) is 0 Å². The van der Waals surface area contributed by atoms with Crippen molar-refractivity contribution >= 4 is 11.8 Å². The molecule has 0 radical (unpaired) electrons. The SMILES string of the molecule is CCNC(C)CC(=O)N1CCCC1C(=O)N(C)C. The third-order valence-corrected chi connectivity index (χ3v) is 3.33. The zero-order chi connectivity index (χ0) is 13.7. The Balaban J connectivity index is 2.58. The molecule has 1 N–H and O–H groups in total. The standard InChI is InChI=1S/C13H25N3O2/c1-5-14-10(2)9-12(17)16-8-6-7-11(16)13(18)15(3)4/h10-11,14H,5-9H2,1-4H3. The van der Waals surface area contributed by atoms with E-state index in [0.717, 1.165) is 19.4 Å². The summed E-state index contributed by atoms with van der Waals surface area (Å²) >= 11 is 0. The minimum Gasteiger partial charge on any atom is -0.347 e. The molecule has 18 heavy (non-hydrogen) atoms. The van der Waals surface area contributed by atoms with Crippen LogP contribution in [0.3, 0.4) is 0 Å². The highest BCUT2D eigenvalue weighted by atomic mass is 16.2. The molecule has 0 saturated carbocycles. The number of nitrogens with one attached hydrogen (secondary N) is 1. The number of carbonyl (C=O) groups excluding carboxylic acids is 2. The van der Waals surface area contributed by atoms with Crippen LogP contribution in [0.1, 0.15) is 33.1 Å². The molecule has 1 rings (SSSR count). The number of hydrogen-bond donors (Lipinski definition) is 1. The molecular formula is C13H25N3O2. The van der Waals surface area contributed by atoms with E-state index in [1.807, 2.05) is 13.8 Å². The Morgan fingerprint density at radius 1 is 1.44 bits per heavy atom. The summed E-state index contributed by atoms with van der Waals surface area (Å²) < 4.78 is 0. The van der Waals surface area contributed by atoms with Gasteiger partial charge in [0.15, 0.2) is 0 Å². The smallest absolute Gasteiger partial charge is 0.244 e. The summed E-state index contributed by atoms with van der Waals surface area (Å²) in [6, 6.07) is -0.0838. The van der Waals surface area contributed by atoms with E-state index in [0.29, 0.717) is 13.0 Å². The fourth-order valence-electron chi connectivity index (χ4n) is 2.42. The molecule has 5 heteroatoms. The second-order valence-corrected chi connectivity index (χ2v) is 5.14. The van der Waals surface area contributed by atoms with Crippen LogP contribution in [0.15, 0.2) is 0 Å². The normalized spacial score (nSPS) is 20.9. The van der Waals surface area contributed by atoms with Crippen LogP contribution in [0.4, 0.5) is 0 Å². The molecule has 0 aromatic heterocycles. The summed E-state index contributed by atoms with van der Waals surface area (Å²) in [6.07, 6.45) is 2.18. The first-order valence-corrected chi connectivity index (χ1v) is 6.71. The Labute approximate surface area is 110 Å². The van der Waals surface area contributed by atoms with E-state index in [1.165, 1.54) is 0 Å². The van der Waals surface area contributed by atoms with Crippen molar-refractivity contribution < 1.29 is 9.59 Å². The van der Waals surface area contributed by atoms with Crippen molar-refractivity contribution in [1.82, 2.24) is 15.1 Å². The van der Waals surface area contributed by atoms with Gasteiger partial charge in [0.05, 0.1) is 0 Å². The predicted octanol–water partition coefficient (Wildman–Crippen LogP) is 0.454. The van der Waals surface area contributed by atoms with Crippen LogP contribution < -0.4 is 5.32 Å². The maximum absolute atomic E-state index is 12.2. The first-order valence-electron chi connectivity index (χ1n) is 6.71. The summed E-state index contributed by atoms with van der Waals surface area (Å²) in [6.45, 7) is 5.59. The van der Waals surface area contributed by atoms with Gasteiger partial charge in [0.1, 0.15) is 6.04 Å².